The summed E-state index contributed by atoms with van der Waals surface area (Å²) in [6.07, 6.45) is 4.14. The predicted molar refractivity (Wildman–Crippen MR) is 269 cm³/mol. The Labute approximate surface area is 417 Å². The lowest BCUT2D eigenvalue weighted by molar-refractivity contribution is -0.136. The lowest BCUT2D eigenvalue weighted by atomic mass is 9.94. The Morgan fingerprint density at radius 1 is 0.889 bits per heavy atom. The van der Waals surface area contributed by atoms with Crippen LogP contribution in [0.5, 0.6) is 0 Å². The van der Waals surface area contributed by atoms with Crippen LogP contribution in [0.15, 0.2) is 71.7 Å². The number of hydrogen-bond acceptors (Lipinski definition) is 13. The van der Waals surface area contributed by atoms with Crippen molar-refractivity contribution in [3.8, 4) is 11.1 Å². The van der Waals surface area contributed by atoms with Gasteiger partial charge in [0.2, 0.25) is 11.8 Å². The molecule has 5 aromatic rings. The fraction of sp³-hybridized carbons (Fsp3) is 0.415. The molecular formula is C53H61N11O8. The first kappa shape index (κ1) is 49.5. The van der Waals surface area contributed by atoms with Crippen molar-refractivity contribution >= 4 is 46.8 Å². The van der Waals surface area contributed by atoms with E-state index in [1.807, 2.05) is 32.9 Å². The normalized spacial score (nSPS) is 17.5. The number of imide groups is 2. The fourth-order valence-corrected chi connectivity index (χ4v) is 10.4. The van der Waals surface area contributed by atoms with Crippen LogP contribution < -0.4 is 26.4 Å². The highest BCUT2D eigenvalue weighted by Gasteiger charge is 2.45. The summed E-state index contributed by atoms with van der Waals surface area (Å²) in [4.78, 5) is 101. The number of piperazine rings is 1. The maximum atomic E-state index is 14.0. The highest BCUT2D eigenvalue weighted by molar-refractivity contribution is 6.25. The maximum Gasteiger partial charge on any atom is 0.276 e. The topological polar surface area (TPSA) is 224 Å². The van der Waals surface area contributed by atoms with Crippen LogP contribution in [0.2, 0.25) is 0 Å². The number of nitrogens with zero attached hydrogens (tertiary/aromatic N) is 7. The van der Waals surface area contributed by atoms with E-state index in [-0.39, 0.29) is 59.6 Å². The Bertz CT molecular complexity index is 2970. The summed E-state index contributed by atoms with van der Waals surface area (Å²) in [6, 6.07) is 18.7. The second-order valence-corrected chi connectivity index (χ2v) is 19.0. The van der Waals surface area contributed by atoms with E-state index in [1.54, 1.807) is 34.0 Å². The monoisotopic (exact) mass is 979 g/mol. The van der Waals surface area contributed by atoms with Gasteiger partial charge in [0.15, 0.2) is 5.69 Å². The molecule has 376 valence electrons. The van der Waals surface area contributed by atoms with Gasteiger partial charge in [0.25, 0.3) is 29.2 Å². The van der Waals surface area contributed by atoms with Gasteiger partial charge in [-0.15, -0.1) is 5.10 Å². The van der Waals surface area contributed by atoms with E-state index < -0.39 is 29.7 Å². The Morgan fingerprint density at radius 2 is 1.65 bits per heavy atom. The number of H-pyrrole nitrogens is 1. The lowest BCUT2D eigenvalue weighted by Gasteiger charge is -2.37. The van der Waals surface area contributed by atoms with Crippen molar-refractivity contribution in [3.63, 3.8) is 0 Å². The van der Waals surface area contributed by atoms with Crippen molar-refractivity contribution < 1.29 is 33.5 Å². The van der Waals surface area contributed by atoms with E-state index in [0.29, 0.717) is 82.3 Å². The second-order valence-electron chi connectivity index (χ2n) is 19.0. The summed E-state index contributed by atoms with van der Waals surface area (Å²) < 4.78 is 7.31. The number of carbonyl (C=O) groups is 6. The van der Waals surface area contributed by atoms with Gasteiger partial charge in [0.1, 0.15) is 6.04 Å². The van der Waals surface area contributed by atoms with Crippen molar-refractivity contribution in [2.45, 2.75) is 91.5 Å². The summed E-state index contributed by atoms with van der Waals surface area (Å²) in [6.45, 7) is 14.2. The van der Waals surface area contributed by atoms with Crippen LogP contribution in [-0.4, -0.2) is 135 Å². The molecule has 4 aliphatic rings. The number of aryl methyl sites for hydroxylation is 3. The van der Waals surface area contributed by atoms with E-state index in [9.17, 15) is 33.6 Å². The number of anilines is 2. The molecule has 19 nitrogen and oxygen atoms in total. The zero-order valence-electron chi connectivity index (χ0n) is 41.2. The van der Waals surface area contributed by atoms with Crippen LogP contribution in [0, 0.1) is 20.8 Å². The first-order valence-electron chi connectivity index (χ1n) is 24.8. The second kappa shape index (κ2) is 21.5. The zero-order valence-corrected chi connectivity index (χ0v) is 41.2. The number of fused-ring (bicyclic) bond motifs is 1. The number of hydrogen-bond donors (Lipinski definition) is 4. The van der Waals surface area contributed by atoms with Gasteiger partial charge in [-0.2, -0.15) is 0 Å². The van der Waals surface area contributed by atoms with Crippen LogP contribution in [-0.2, 0) is 34.0 Å². The zero-order chi connectivity index (χ0) is 50.6. The van der Waals surface area contributed by atoms with Crippen LogP contribution in [0.3, 0.4) is 0 Å². The summed E-state index contributed by atoms with van der Waals surface area (Å²) in [5.74, 6) is -2.66. The van der Waals surface area contributed by atoms with E-state index in [4.69, 9.17) is 4.74 Å². The van der Waals surface area contributed by atoms with Crippen molar-refractivity contribution in [1.29, 1.82) is 0 Å². The van der Waals surface area contributed by atoms with Gasteiger partial charge in [-0.3, -0.25) is 53.4 Å². The number of amides is 6. The molecule has 19 heteroatoms. The van der Waals surface area contributed by atoms with Crippen molar-refractivity contribution in [3.05, 3.63) is 128 Å². The summed E-state index contributed by atoms with van der Waals surface area (Å²) >= 11 is 0. The Hall–Kier alpha value is -7.51. The van der Waals surface area contributed by atoms with Gasteiger partial charge in [0.05, 0.1) is 17.3 Å². The van der Waals surface area contributed by atoms with E-state index >= 15 is 0 Å². The average Bonchev–Trinajstić information content (AvgIpc) is 3.95. The van der Waals surface area contributed by atoms with E-state index in [0.717, 1.165) is 63.5 Å². The molecule has 0 radical (unpaired) electrons. The highest BCUT2D eigenvalue weighted by Crippen LogP contribution is 2.35. The minimum Gasteiger partial charge on any atom is -0.384 e. The van der Waals surface area contributed by atoms with Crippen LogP contribution in [0.1, 0.15) is 109 Å². The smallest absolute Gasteiger partial charge is 0.276 e. The molecule has 3 aromatic carbocycles. The van der Waals surface area contributed by atoms with Crippen LogP contribution in [0.4, 0.5) is 11.4 Å². The van der Waals surface area contributed by atoms with Gasteiger partial charge in [-0.1, -0.05) is 35.5 Å². The molecule has 0 bridgehead atoms. The molecule has 1 unspecified atom stereocenters. The molecule has 4 N–H and O–H groups in total. The number of ether oxygens (including phenoxy) is 1. The number of piperidine rings is 1. The number of aromatic nitrogens is 4. The van der Waals surface area contributed by atoms with Crippen LogP contribution >= 0.6 is 0 Å². The molecule has 3 saturated heterocycles. The Balaban J connectivity index is 0.784. The minimum atomic E-state index is -1.04. The number of nitrogens with one attached hydrogen (secondary N) is 4. The largest absolute Gasteiger partial charge is 0.384 e. The Morgan fingerprint density at radius 3 is 2.38 bits per heavy atom. The third-order valence-electron chi connectivity index (χ3n) is 14.3. The molecule has 2 aromatic heterocycles. The Kier molecular flexibility index (Phi) is 14.7. The number of benzene rings is 3. The predicted octanol–water partition coefficient (Wildman–Crippen LogP) is 4.36. The molecule has 4 aliphatic heterocycles. The number of rotatable bonds is 16. The lowest BCUT2D eigenvalue weighted by Crippen LogP contribution is -2.54. The summed E-state index contributed by atoms with van der Waals surface area (Å²) in [5, 5.41) is 16.9. The number of pyridine rings is 1. The standard InChI is InChI=1S/C53H61N11O8/c1-5-63(38-16-24-72-25-17-38)45-28-37(27-40(34(45)4)48(66)55-29-41-32(2)26-33(3)56-49(41)67)36-12-10-35(11-13-36)30-60-20-22-61(23-21-60)52(70)43-31-62(59-58-43)19-7-18-54-42-9-6-8-39-47(42)53(71)64(51(39)69)44-14-15-46(65)57-50(44)68/h6,8-13,26-28,31,38,44,54H,5,7,14-25,29-30H2,1-4H3,(H,55,66)(H,56,67)(H,57,65,68). The SMILES string of the molecule is CCN(c1cc(-c2ccc(CN3CCN(C(=O)c4cn(CCCNc5cccc6c5C(=O)N(C5CCC(=O)NC5=O)C6=O)nn4)CC3)cc2)cc(C(=O)NCc2c(C)cc(C)[nH]c2=O)c1C)C1CCOCC1. The molecule has 6 heterocycles. The third kappa shape index (κ3) is 10.4. The van der Waals surface area contributed by atoms with Gasteiger partial charge < -0.3 is 30.2 Å². The van der Waals surface area contributed by atoms with E-state index in [2.05, 4.69) is 78.3 Å². The maximum absolute atomic E-state index is 14.0. The molecule has 0 spiro atoms. The molecule has 72 heavy (non-hydrogen) atoms. The first-order valence-corrected chi connectivity index (χ1v) is 24.8. The number of aromatic amines is 1. The molecular weight excluding hydrogens is 919 g/mol. The molecule has 6 amide bonds. The van der Waals surface area contributed by atoms with Crippen molar-refractivity contribution in [2.24, 2.45) is 0 Å². The molecule has 9 rings (SSSR count). The van der Waals surface area contributed by atoms with Gasteiger partial charge >= 0.3 is 0 Å². The number of carbonyl (C=O) groups excluding carboxylic acids is 6. The minimum absolute atomic E-state index is 0.0441. The quantitative estimate of drug-likeness (QED) is 0.0799. The van der Waals surface area contributed by atoms with Gasteiger partial charge in [0, 0.05) is 113 Å². The van der Waals surface area contributed by atoms with Gasteiger partial charge in [-0.25, -0.2) is 0 Å². The van der Waals surface area contributed by atoms with Crippen molar-refractivity contribution in [1.82, 2.24) is 45.3 Å². The van der Waals surface area contributed by atoms with Crippen molar-refractivity contribution in [2.75, 3.05) is 62.7 Å². The van der Waals surface area contributed by atoms with Gasteiger partial charge in [-0.05, 0) is 112 Å². The molecule has 1 atom stereocenters. The molecule has 3 fully saturated rings. The fourth-order valence-electron chi connectivity index (χ4n) is 10.4. The van der Waals surface area contributed by atoms with Crippen LogP contribution in [0.25, 0.3) is 11.1 Å². The highest BCUT2D eigenvalue weighted by atomic mass is 16.5. The van der Waals surface area contributed by atoms with E-state index in [1.165, 1.54) is 0 Å². The molecule has 0 aliphatic carbocycles. The summed E-state index contributed by atoms with van der Waals surface area (Å²) in [7, 11) is 0. The first-order chi connectivity index (χ1) is 34.8. The molecule has 0 saturated carbocycles. The average molecular weight is 980 g/mol. The third-order valence-corrected chi connectivity index (χ3v) is 14.3. The summed E-state index contributed by atoms with van der Waals surface area (Å²) in [5.41, 5.74) is 8.57.